The van der Waals surface area contributed by atoms with Crippen molar-refractivity contribution in [1.29, 1.82) is 0 Å². The molecule has 0 spiro atoms. The highest BCUT2D eigenvalue weighted by Gasteiger charge is 2.31. The zero-order chi connectivity index (χ0) is 20.2. The first-order chi connectivity index (χ1) is 14.1. The predicted octanol–water partition coefficient (Wildman–Crippen LogP) is 2.91. The molecule has 2 heterocycles. The summed E-state index contributed by atoms with van der Waals surface area (Å²) < 4.78 is 6.09. The van der Waals surface area contributed by atoms with Crippen LogP contribution < -0.4 is 4.74 Å². The number of pyridine rings is 1. The van der Waals surface area contributed by atoms with Crippen LogP contribution in [-0.2, 0) is 11.2 Å². The van der Waals surface area contributed by atoms with Crippen LogP contribution in [0.1, 0.15) is 18.4 Å². The summed E-state index contributed by atoms with van der Waals surface area (Å²) in [6.07, 6.45) is 1.93. The molecule has 2 N–H and O–H groups in total. The van der Waals surface area contributed by atoms with Crippen molar-refractivity contribution in [1.82, 2.24) is 9.88 Å². The molecule has 0 saturated carbocycles. The van der Waals surface area contributed by atoms with Crippen LogP contribution in [0.5, 0.6) is 11.5 Å². The van der Waals surface area contributed by atoms with Gasteiger partial charge in [0.1, 0.15) is 23.7 Å². The molecule has 1 saturated heterocycles. The molecule has 1 aliphatic heterocycles. The SMILES string of the molecule is O=C(CCc1ccccc1O)N1CC[C@@H](Oc2cccc3ncccc23)[C@H](O)C1. The molecule has 1 amide bonds. The number of phenolic OH excluding ortho intramolecular Hbond substituents is 1. The molecular weight excluding hydrogens is 368 g/mol. The fourth-order valence-corrected chi connectivity index (χ4v) is 3.74. The van der Waals surface area contributed by atoms with Crippen LogP contribution in [0.25, 0.3) is 10.9 Å². The van der Waals surface area contributed by atoms with Crippen molar-refractivity contribution in [2.45, 2.75) is 31.5 Å². The molecule has 3 aromatic rings. The van der Waals surface area contributed by atoms with Gasteiger partial charge in [-0.05, 0) is 42.3 Å². The number of piperidine rings is 1. The third kappa shape index (κ3) is 4.32. The van der Waals surface area contributed by atoms with Gasteiger partial charge in [-0.3, -0.25) is 9.78 Å². The topological polar surface area (TPSA) is 82.9 Å². The van der Waals surface area contributed by atoms with Gasteiger partial charge in [-0.1, -0.05) is 24.3 Å². The van der Waals surface area contributed by atoms with Crippen LogP contribution in [-0.4, -0.2) is 51.3 Å². The maximum atomic E-state index is 12.6. The lowest BCUT2D eigenvalue weighted by Crippen LogP contribution is -2.51. The average molecular weight is 392 g/mol. The van der Waals surface area contributed by atoms with E-state index in [1.165, 1.54) is 0 Å². The normalized spacial score (nSPS) is 19.3. The molecule has 4 rings (SSSR count). The fourth-order valence-electron chi connectivity index (χ4n) is 3.74. The molecule has 1 aromatic heterocycles. The minimum atomic E-state index is -0.759. The number of rotatable bonds is 5. The van der Waals surface area contributed by atoms with Crippen molar-refractivity contribution in [2.75, 3.05) is 13.1 Å². The molecule has 29 heavy (non-hydrogen) atoms. The number of β-amino-alcohol motifs (C(OH)–C–C–N with tert-alkyl or cyclic N) is 1. The molecule has 150 valence electrons. The summed E-state index contributed by atoms with van der Waals surface area (Å²) in [5.41, 5.74) is 1.60. The van der Waals surface area contributed by atoms with Crippen LogP contribution in [0, 0.1) is 0 Å². The number of nitrogens with zero attached hydrogens (tertiary/aromatic N) is 2. The Morgan fingerprint density at radius 3 is 2.83 bits per heavy atom. The van der Waals surface area contributed by atoms with Crippen molar-refractivity contribution < 1.29 is 19.7 Å². The summed E-state index contributed by atoms with van der Waals surface area (Å²) in [5.74, 6) is 0.871. The number of carbonyl (C=O) groups excluding carboxylic acids is 1. The maximum absolute atomic E-state index is 12.6. The van der Waals surface area contributed by atoms with Gasteiger partial charge in [-0.2, -0.15) is 0 Å². The number of hydrogen-bond acceptors (Lipinski definition) is 5. The Morgan fingerprint density at radius 2 is 2.00 bits per heavy atom. The zero-order valence-electron chi connectivity index (χ0n) is 16.1. The summed E-state index contributed by atoms with van der Waals surface area (Å²) in [6, 6.07) is 16.5. The Labute approximate surface area is 169 Å². The number of para-hydroxylation sites is 1. The lowest BCUT2D eigenvalue weighted by atomic mass is 10.0. The average Bonchev–Trinajstić information content (AvgIpc) is 2.74. The number of ether oxygens (including phenoxy) is 1. The summed E-state index contributed by atoms with van der Waals surface area (Å²) in [7, 11) is 0. The van der Waals surface area contributed by atoms with Crippen LogP contribution >= 0.6 is 0 Å². The Bertz CT molecular complexity index is 1000. The number of aromatic nitrogens is 1. The van der Waals surface area contributed by atoms with Gasteiger partial charge in [0, 0.05) is 31.0 Å². The second kappa shape index (κ2) is 8.49. The second-order valence-corrected chi connectivity index (χ2v) is 7.31. The van der Waals surface area contributed by atoms with Crippen LogP contribution in [0.3, 0.4) is 0 Å². The molecule has 2 aromatic carbocycles. The number of phenols is 1. The summed E-state index contributed by atoms with van der Waals surface area (Å²) >= 11 is 0. The van der Waals surface area contributed by atoms with Gasteiger partial charge in [-0.25, -0.2) is 0 Å². The van der Waals surface area contributed by atoms with E-state index in [0.29, 0.717) is 31.6 Å². The lowest BCUT2D eigenvalue weighted by molar-refractivity contribution is -0.136. The number of amides is 1. The van der Waals surface area contributed by atoms with Gasteiger partial charge in [0.15, 0.2) is 0 Å². The van der Waals surface area contributed by atoms with E-state index in [1.54, 1.807) is 23.2 Å². The number of likely N-dealkylation sites (tertiary alicyclic amines) is 1. The van der Waals surface area contributed by atoms with E-state index in [2.05, 4.69) is 4.98 Å². The van der Waals surface area contributed by atoms with E-state index in [9.17, 15) is 15.0 Å². The van der Waals surface area contributed by atoms with Gasteiger partial charge in [0.05, 0.1) is 12.1 Å². The minimum Gasteiger partial charge on any atom is -0.508 e. The van der Waals surface area contributed by atoms with Gasteiger partial charge >= 0.3 is 0 Å². The third-order valence-electron chi connectivity index (χ3n) is 5.36. The summed E-state index contributed by atoms with van der Waals surface area (Å²) in [6.45, 7) is 0.775. The lowest BCUT2D eigenvalue weighted by Gasteiger charge is -2.36. The molecule has 0 aliphatic carbocycles. The van der Waals surface area contributed by atoms with Gasteiger partial charge in [0.25, 0.3) is 0 Å². The van der Waals surface area contributed by atoms with Gasteiger partial charge in [-0.15, -0.1) is 0 Å². The molecule has 0 bridgehead atoms. The van der Waals surface area contributed by atoms with Crippen molar-refractivity contribution in [3.8, 4) is 11.5 Å². The molecule has 6 heteroatoms. The van der Waals surface area contributed by atoms with Gasteiger partial charge in [0.2, 0.25) is 5.91 Å². The number of carbonyl (C=O) groups is 1. The Morgan fingerprint density at radius 1 is 1.14 bits per heavy atom. The molecule has 6 nitrogen and oxygen atoms in total. The van der Waals surface area contributed by atoms with E-state index in [1.807, 2.05) is 42.5 Å². The van der Waals surface area contributed by atoms with E-state index in [4.69, 9.17) is 4.74 Å². The van der Waals surface area contributed by atoms with E-state index in [0.717, 1.165) is 16.5 Å². The number of hydrogen-bond donors (Lipinski definition) is 2. The number of aromatic hydroxyl groups is 1. The van der Waals surface area contributed by atoms with E-state index >= 15 is 0 Å². The highest BCUT2D eigenvalue weighted by atomic mass is 16.5. The van der Waals surface area contributed by atoms with Gasteiger partial charge < -0.3 is 19.8 Å². The quantitative estimate of drug-likeness (QED) is 0.698. The Kier molecular flexibility index (Phi) is 5.62. The smallest absolute Gasteiger partial charge is 0.222 e. The summed E-state index contributed by atoms with van der Waals surface area (Å²) in [4.78, 5) is 18.6. The van der Waals surface area contributed by atoms with E-state index < -0.39 is 6.10 Å². The number of aryl methyl sites for hydroxylation is 1. The number of aliphatic hydroxyl groups excluding tert-OH is 1. The molecule has 0 unspecified atom stereocenters. The minimum absolute atomic E-state index is 0.0277. The van der Waals surface area contributed by atoms with Crippen molar-refractivity contribution in [3.05, 3.63) is 66.4 Å². The molecule has 2 atom stereocenters. The molecule has 1 aliphatic rings. The Hall–Kier alpha value is -3.12. The van der Waals surface area contributed by atoms with E-state index in [-0.39, 0.29) is 24.3 Å². The van der Waals surface area contributed by atoms with Crippen LogP contribution in [0.2, 0.25) is 0 Å². The first-order valence-corrected chi connectivity index (χ1v) is 9.85. The monoisotopic (exact) mass is 392 g/mol. The summed E-state index contributed by atoms with van der Waals surface area (Å²) in [5, 5.41) is 21.3. The Balaban J connectivity index is 1.35. The fraction of sp³-hybridized carbons (Fsp3) is 0.304. The van der Waals surface area contributed by atoms with Crippen LogP contribution in [0.4, 0.5) is 0 Å². The standard InChI is InChI=1S/C23H24N2O4/c26-19-8-2-1-5-16(19)10-11-23(28)25-14-12-22(20(27)15-25)29-21-9-3-7-18-17(21)6-4-13-24-18/h1-9,13,20,22,26-27H,10-12,14-15H2/t20-,22-/m1/s1. The maximum Gasteiger partial charge on any atom is 0.222 e. The first kappa shape index (κ1) is 19.2. The number of benzene rings is 2. The number of fused-ring (bicyclic) bond motifs is 1. The van der Waals surface area contributed by atoms with Crippen LogP contribution in [0.15, 0.2) is 60.8 Å². The molecule has 1 fully saturated rings. The van der Waals surface area contributed by atoms with Crippen molar-refractivity contribution in [2.24, 2.45) is 0 Å². The first-order valence-electron chi connectivity index (χ1n) is 9.85. The van der Waals surface area contributed by atoms with Crippen molar-refractivity contribution >= 4 is 16.8 Å². The highest BCUT2D eigenvalue weighted by molar-refractivity contribution is 5.84. The second-order valence-electron chi connectivity index (χ2n) is 7.31. The predicted molar refractivity (Wildman–Crippen MR) is 110 cm³/mol. The molecule has 0 radical (unpaired) electrons. The largest absolute Gasteiger partial charge is 0.508 e. The zero-order valence-corrected chi connectivity index (χ0v) is 16.1. The molecular formula is C23H24N2O4. The number of aliphatic hydroxyl groups is 1. The highest BCUT2D eigenvalue weighted by Crippen LogP contribution is 2.27. The third-order valence-corrected chi connectivity index (χ3v) is 5.36. The van der Waals surface area contributed by atoms with Crippen molar-refractivity contribution in [3.63, 3.8) is 0 Å².